The third-order valence-electron chi connectivity index (χ3n) is 7.18. The molecule has 2 fully saturated rings. The van der Waals surface area contributed by atoms with Crippen molar-refractivity contribution in [1.29, 1.82) is 0 Å². The number of rotatable bonds is 5. The topological polar surface area (TPSA) is 96.3 Å². The molecule has 2 saturated heterocycles. The number of aromatic hydroxyl groups is 1. The molecule has 2 aliphatic heterocycles. The third kappa shape index (κ3) is 4.11. The van der Waals surface area contributed by atoms with E-state index in [1.807, 2.05) is 24.3 Å². The summed E-state index contributed by atoms with van der Waals surface area (Å²) in [6.45, 7) is 4.66. The van der Waals surface area contributed by atoms with Crippen molar-refractivity contribution in [3.63, 3.8) is 0 Å². The average molecular weight is 447 g/mol. The van der Waals surface area contributed by atoms with Crippen LogP contribution in [0.3, 0.4) is 0 Å². The van der Waals surface area contributed by atoms with Gasteiger partial charge < -0.3 is 20.1 Å². The summed E-state index contributed by atoms with van der Waals surface area (Å²) >= 11 is 0. The lowest BCUT2D eigenvalue weighted by Crippen LogP contribution is -2.58. The van der Waals surface area contributed by atoms with Crippen molar-refractivity contribution >= 4 is 5.82 Å². The number of phenolic OH excluding ortho intramolecular Hbond substituents is 1. The Hall–Kier alpha value is -3.26. The van der Waals surface area contributed by atoms with Crippen molar-refractivity contribution in [2.45, 2.75) is 56.7 Å². The minimum absolute atomic E-state index is 0.122. The van der Waals surface area contributed by atoms with Gasteiger partial charge in [0.1, 0.15) is 12.1 Å². The Labute approximate surface area is 194 Å². The molecular weight excluding hydrogens is 416 g/mol. The lowest BCUT2D eigenvalue weighted by molar-refractivity contribution is 0.207. The van der Waals surface area contributed by atoms with Crippen LogP contribution in [0.25, 0.3) is 22.5 Å². The van der Waals surface area contributed by atoms with Gasteiger partial charge in [0.2, 0.25) is 5.88 Å². The van der Waals surface area contributed by atoms with Gasteiger partial charge in [-0.15, -0.1) is 10.2 Å². The first-order chi connectivity index (χ1) is 15.8. The number of fused-ring (bicyclic) bond motifs is 2. The second-order valence-corrected chi connectivity index (χ2v) is 9.87. The van der Waals surface area contributed by atoms with Gasteiger partial charge in [-0.3, -0.25) is 0 Å². The number of phenols is 1. The second kappa shape index (κ2) is 7.95. The number of nitrogens with zero attached hydrogens (tertiary/aromatic N) is 5. The van der Waals surface area contributed by atoms with E-state index in [0.29, 0.717) is 28.9 Å². The fraction of sp³-hybridized carbons (Fsp3) is 0.440. The van der Waals surface area contributed by atoms with E-state index in [2.05, 4.69) is 51.3 Å². The van der Waals surface area contributed by atoms with E-state index in [1.165, 1.54) is 19.2 Å². The van der Waals surface area contributed by atoms with Crippen LogP contribution in [0.5, 0.6) is 11.6 Å². The van der Waals surface area contributed by atoms with E-state index in [-0.39, 0.29) is 16.8 Å². The highest BCUT2D eigenvalue weighted by atomic mass is 16.5. The predicted octanol–water partition coefficient (Wildman–Crippen LogP) is 3.81. The van der Waals surface area contributed by atoms with Gasteiger partial charge in [-0.1, -0.05) is 6.07 Å². The van der Waals surface area contributed by atoms with Crippen molar-refractivity contribution in [3.8, 4) is 34.1 Å². The van der Waals surface area contributed by atoms with Crippen LogP contribution in [0.2, 0.25) is 0 Å². The molecule has 33 heavy (non-hydrogen) atoms. The Bertz CT molecular complexity index is 1150. The first kappa shape index (κ1) is 21.6. The quantitative estimate of drug-likeness (QED) is 0.611. The predicted molar refractivity (Wildman–Crippen MR) is 127 cm³/mol. The van der Waals surface area contributed by atoms with Crippen molar-refractivity contribution in [2.75, 3.05) is 19.1 Å². The molecule has 3 atom stereocenters. The number of ether oxygens (including phenoxy) is 1. The lowest BCUT2D eigenvalue weighted by Gasteiger charge is -2.45. The summed E-state index contributed by atoms with van der Waals surface area (Å²) in [7, 11) is 3.66. The minimum atomic E-state index is 0.122. The first-order valence-corrected chi connectivity index (χ1v) is 11.3. The first-order valence-electron chi connectivity index (χ1n) is 11.3. The molecule has 0 aliphatic carbocycles. The monoisotopic (exact) mass is 446 g/mol. The number of piperidine rings is 1. The van der Waals surface area contributed by atoms with E-state index >= 15 is 0 Å². The smallest absolute Gasteiger partial charge is 0.216 e. The van der Waals surface area contributed by atoms with Crippen molar-refractivity contribution in [2.24, 2.45) is 0 Å². The maximum atomic E-state index is 10.7. The SMILES string of the molecule is COc1cc(-c2ccc(-c3ccc(N(C)[C@H]4C[C@]5(C)CC[C@](C)(C4)N5)nn3)c(O)c2)ncn1. The molecule has 2 bridgehead atoms. The number of anilines is 1. The van der Waals surface area contributed by atoms with Gasteiger partial charge in [0.15, 0.2) is 5.82 Å². The number of hydrogen-bond acceptors (Lipinski definition) is 8. The highest BCUT2D eigenvalue weighted by molar-refractivity contribution is 5.73. The molecular formula is C25H30N6O2. The molecule has 2 aromatic heterocycles. The molecule has 4 heterocycles. The summed E-state index contributed by atoms with van der Waals surface area (Å²) < 4.78 is 5.16. The number of benzene rings is 1. The Kier molecular flexibility index (Phi) is 5.20. The fourth-order valence-electron chi connectivity index (χ4n) is 5.46. The average Bonchev–Trinajstić information content (AvgIpc) is 3.05. The summed E-state index contributed by atoms with van der Waals surface area (Å²) in [6, 6.07) is 11.4. The maximum Gasteiger partial charge on any atom is 0.216 e. The van der Waals surface area contributed by atoms with Gasteiger partial charge in [0.25, 0.3) is 0 Å². The van der Waals surface area contributed by atoms with E-state index in [1.54, 1.807) is 19.2 Å². The van der Waals surface area contributed by atoms with Gasteiger partial charge in [-0.2, -0.15) is 0 Å². The molecule has 0 amide bonds. The molecule has 8 heteroatoms. The van der Waals surface area contributed by atoms with Gasteiger partial charge in [-0.05, 0) is 63.8 Å². The highest BCUT2D eigenvalue weighted by Crippen LogP contribution is 2.43. The van der Waals surface area contributed by atoms with Crippen LogP contribution in [0.15, 0.2) is 42.7 Å². The zero-order chi connectivity index (χ0) is 23.2. The summed E-state index contributed by atoms with van der Waals surface area (Å²) in [6.07, 6.45) is 6.07. The van der Waals surface area contributed by atoms with Gasteiger partial charge in [-0.25, -0.2) is 9.97 Å². The van der Waals surface area contributed by atoms with Gasteiger partial charge in [0.05, 0.1) is 18.5 Å². The summed E-state index contributed by atoms with van der Waals surface area (Å²) in [5, 5.41) is 23.4. The standard InChI is InChI=1S/C25H30N6O2/c1-24-9-10-25(2,30-24)14-17(13-24)31(3)22-8-7-19(28-29-22)18-6-5-16(11-21(18)32)20-12-23(33-4)27-15-26-20/h5-8,11-12,15,17,30,32H,9-10,13-14H2,1-4H3/t17-,24-,25+. The normalized spacial score (nSPS) is 26.2. The molecule has 2 N–H and O–H groups in total. The van der Waals surface area contributed by atoms with Crippen LogP contribution in [-0.4, -0.2) is 56.5 Å². The van der Waals surface area contributed by atoms with Crippen LogP contribution in [-0.2, 0) is 0 Å². The van der Waals surface area contributed by atoms with Crippen LogP contribution in [0, 0.1) is 0 Å². The number of hydrogen-bond donors (Lipinski definition) is 2. The van der Waals surface area contributed by atoms with Gasteiger partial charge >= 0.3 is 0 Å². The number of aromatic nitrogens is 4. The fourth-order valence-corrected chi connectivity index (χ4v) is 5.46. The van der Waals surface area contributed by atoms with Crippen molar-refractivity contribution < 1.29 is 9.84 Å². The lowest BCUT2D eigenvalue weighted by atomic mass is 9.84. The van der Waals surface area contributed by atoms with E-state index in [0.717, 1.165) is 24.2 Å². The van der Waals surface area contributed by atoms with Crippen molar-refractivity contribution in [1.82, 2.24) is 25.5 Å². The minimum Gasteiger partial charge on any atom is -0.507 e. The number of methoxy groups -OCH3 is 1. The molecule has 0 unspecified atom stereocenters. The molecule has 0 saturated carbocycles. The number of nitrogens with one attached hydrogen (secondary N) is 1. The third-order valence-corrected chi connectivity index (χ3v) is 7.18. The molecule has 5 rings (SSSR count). The molecule has 0 radical (unpaired) electrons. The molecule has 0 spiro atoms. The maximum absolute atomic E-state index is 10.7. The van der Waals surface area contributed by atoms with Gasteiger partial charge in [0, 0.05) is 41.4 Å². The van der Waals surface area contributed by atoms with Crippen LogP contribution in [0.1, 0.15) is 39.5 Å². The van der Waals surface area contributed by atoms with Crippen LogP contribution < -0.4 is 15.0 Å². The van der Waals surface area contributed by atoms with E-state index in [9.17, 15) is 5.11 Å². The van der Waals surface area contributed by atoms with E-state index < -0.39 is 0 Å². The summed E-state index contributed by atoms with van der Waals surface area (Å²) in [5.41, 5.74) is 3.08. The molecule has 1 aromatic carbocycles. The Balaban J connectivity index is 1.35. The Morgan fingerprint density at radius 1 is 1.00 bits per heavy atom. The zero-order valence-electron chi connectivity index (χ0n) is 19.5. The molecule has 8 nitrogen and oxygen atoms in total. The largest absolute Gasteiger partial charge is 0.507 e. The molecule has 3 aromatic rings. The summed E-state index contributed by atoms with van der Waals surface area (Å²) in [4.78, 5) is 10.5. The highest BCUT2D eigenvalue weighted by Gasteiger charge is 2.49. The second-order valence-electron chi connectivity index (χ2n) is 9.87. The Morgan fingerprint density at radius 2 is 1.76 bits per heavy atom. The van der Waals surface area contributed by atoms with Crippen LogP contribution in [0.4, 0.5) is 5.82 Å². The van der Waals surface area contributed by atoms with Crippen molar-refractivity contribution in [3.05, 3.63) is 42.7 Å². The van der Waals surface area contributed by atoms with Crippen LogP contribution >= 0.6 is 0 Å². The Morgan fingerprint density at radius 3 is 2.39 bits per heavy atom. The molecule has 2 aliphatic rings. The molecule has 172 valence electrons. The zero-order valence-corrected chi connectivity index (χ0v) is 19.5. The summed E-state index contributed by atoms with van der Waals surface area (Å²) in [5.74, 6) is 1.44. The van der Waals surface area contributed by atoms with E-state index in [4.69, 9.17) is 4.74 Å².